The molecule has 2 nitrogen and oxygen atoms in total. The molecule has 0 saturated carbocycles. The number of rotatable bonds is 0. The molecule has 0 aromatic heterocycles. The number of nitrogens with one attached hydrogen (secondary N) is 1. The van der Waals surface area contributed by atoms with Gasteiger partial charge in [0.15, 0.2) is 0 Å². The zero-order valence-electron chi connectivity index (χ0n) is 7.52. The second-order valence-corrected chi connectivity index (χ2v) is 4.51. The number of fused-ring (bicyclic) bond motifs is 1. The number of nitrogens with zero attached hydrogens (tertiary/aromatic N) is 1. The van der Waals surface area contributed by atoms with E-state index in [0.717, 1.165) is 5.92 Å². The molecule has 3 unspecified atom stereocenters. The van der Waals surface area contributed by atoms with Crippen molar-refractivity contribution in [2.75, 3.05) is 0 Å². The van der Waals surface area contributed by atoms with E-state index >= 15 is 0 Å². The third-order valence-corrected chi connectivity index (χ3v) is 2.59. The molecule has 1 saturated heterocycles. The van der Waals surface area contributed by atoms with E-state index in [0.29, 0.717) is 10.3 Å². The van der Waals surface area contributed by atoms with Gasteiger partial charge in [0.1, 0.15) is 0 Å². The summed E-state index contributed by atoms with van der Waals surface area (Å²) in [6.07, 6.45) is 2.52. The molecule has 2 aliphatic rings. The molecule has 0 spiro atoms. The third-order valence-electron chi connectivity index (χ3n) is 2.59. The SMILES string of the molecule is [Li][C]1(C)CC2CC(C)N=C2N1. The van der Waals surface area contributed by atoms with E-state index in [1.807, 2.05) is 0 Å². The molecular formula is C8H13LiN2. The Kier molecular flexibility index (Phi) is 1.59. The maximum atomic E-state index is 4.55. The fourth-order valence-corrected chi connectivity index (χ4v) is 2.25. The van der Waals surface area contributed by atoms with Crippen molar-refractivity contribution in [2.45, 2.75) is 36.9 Å². The zero-order chi connectivity index (χ0) is 8.06. The van der Waals surface area contributed by atoms with Crippen LogP contribution in [0.5, 0.6) is 0 Å². The van der Waals surface area contributed by atoms with Gasteiger partial charge in [-0.15, -0.1) is 0 Å². The summed E-state index contributed by atoms with van der Waals surface area (Å²) in [7, 11) is 0. The monoisotopic (exact) mass is 144 g/mol. The Balaban J connectivity index is 2.17. The van der Waals surface area contributed by atoms with Crippen molar-refractivity contribution in [3.8, 4) is 0 Å². The Morgan fingerprint density at radius 2 is 2.45 bits per heavy atom. The van der Waals surface area contributed by atoms with Gasteiger partial charge in [-0.3, -0.25) is 0 Å². The van der Waals surface area contributed by atoms with Crippen molar-refractivity contribution in [1.82, 2.24) is 5.32 Å². The van der Waals surface area contributed by atoms with E-state index in [1.54, 1.807) is 0 Å². The van der Waals surface area contributed by atoms with Crippen LogP contribution in [0.15, 0.2) is 4.99 Å². The predicted molar refractivity (Wildman–Crippen MR) is 46.9 cm³/mol. The van der Waals surface area contributed by atoms with Crippen LogP contribution in [0.1, 0.15) is 26.7 Å². The Morgan fingerprint density at radius 3 is 3.09 bits per heavy atom. The molecule has 2 rings (SSSR count). The summed E-state index contributed by atoms with van der Waals surface area (Å²) in [6.45, 7) is 4.44. The van der Waals surface area contributed by atoms with Crippen molar-refractivity contribution in [3.05, 3.63) is 0 Å². The summed E-state index contributed by atoms with van der Waals surface area (Å²) < 4.78 is 0.295. The molecule has 11 heavy (non-hydrogen) atoms. The van der Waals surface area contributed by atoms with Crippen LogP contribution in [0.2, 0.25) is 0 Å². The second kappa shape index (κ2) is 2.28. The fourth-order valence-electron chi connectivity index (χ4n) is 2.25. The second-order valence-electron chi connectivity index (χ2n) is 4.51. The summed E-state index contributed by atoms with van der Waals surface area (Å²) >= 11 is 2.25. The molecule has 0 bridgehead atoms. The van der Waals surface area contributed by atoms with Crippen molar-refractivity contribution >= 4 is 23.6 Å². The van der Waals surface area contributed by atoms with Gasteiger partial charge in [-0.05, 0) is 0 Å². The van der Waals surface area contributed by atoms with Crippen LogP contribution in [0.3, 0.4) is 0 Å². The zero-order valence-corrected chi connectivity index (χ0v) is 7.52. The Hall–Kier alpha value is 0.0674. The first kappa shape index (κ1) is 7.70. The molecule has 2 aliphatic heterocycles. The average molecular weight is 144 g/mol. The summed E-state index contributed by atoms with van der Waals surface area (Å²) in [5.41, 5.74) is 0. The van der Waals surface area contributed by atoms with Gasteiger partial charge >= 0.3 is 76.7 Å². The molecule has 0 aromatic rings. The van der Waals surface area contributed by atoms with Crippen molar-refractivity contribution in [2.24, 2.45) is 10.9 Å². The van der Waals surface area contributed by atoms with Gasteiger partial charge in [0.05, 0.1) is 0 Å². The van der Waals surface area contributed by atoms with E-state index in [-0.39, 0.29) is 0 Å². The number of hydrogen-bond donors (Lipinski definition) is 1. The maximum absolute atomic E-state index is 4.55. The van der Waals surface area contributed by atoms with Crippen LogP contribution in [0.25, 0.3) is 0 Å². The van der Waals surface area contributed by atoms with Gasteiger partial charge in [-0.2, -0.15) is 0 Å². The molecule has 0 amide bonds. The van der Waals surface area contributed by atoms with Gasteiger partial charge < -0.3 is 0 Å². The normalized spacial score (nSPS) is 48.5. The van der Waals surface area contributed by atoms with Gasteiger partial charge in [0.25, 0.3) is 0 Å². The van der Waals surface area contributed by atoms with Gasteiger partial charge in [0, 0.05) is 0 Å². The molecule has 1 fully saturated rings. The first-order valence-electron chi connectivity index (χ1n) is 4.43. The standard InChI is InChI=1S/C8H13N2.Li/c1-5-3-7-4-6(2)10-8(7)9-5;/h5,7H,3-4H2,1-2H3,(H,9,10);. The summed E-state index contributed by atoms with van der Waals surface area (Å²) in [5.74, 6) is 2.00. The van der Waals surface area contributed by atoms with E-state index in [1.165, 1.54) is 18.7 Å². The van der Waals surface area contributed by atoms with Crippen LogP contribution in [0.4, 0.5) is 0 Å². The molecule has 56 valence electrons. The molecule has 1 N–H and O–H groups in total. The molecule has 3 atom stereocenters. The molecular weight excluding hydrogens is 131 g/mol. The fraction of sp³-hybridized carbons (Fsp3) is 0.875. The molecule has 0 radical (unpaired) electrons. The van der Waals surface area contributed by atoms with Gasteiger partial charge in [-0.25, -0.2) is 0 Å². The Morgan fingerprint density at radius 1 is 1.73 bits per heavy atom. The number of aliphatic imine (C=N–C) groups is 1. The van der Waals surface area contributed by atoms with Crippen molar-refractivity contribution < 1.29 is 0 Å². The van der Waals surface area contributed by atoms with Gasteiger partial charge in [0.2, 0.25) is 0 Å². The molecule has 3 heteroatoms. The minimum absolute atomic E-state index is 0.295. The van der Waals surface area contributed by atoms with Gasteiger partial charge in [-0.1, -0.05) is 0 Å². The van der Waals surface area contributed by atoms with Crippen LogP contribution >= 0.6 is 0 Å². The van der Waals surface area contributed by atoms with E-state index in [9.17, 15) is 0 Å². The van der Waals surface area contributed by atoms with Crippen LogP contribution < -0.4 is 5.32 Å². The average Bonchev–Trinajstić information content (AvgIpc) is 2.17. The summed E-state index contributed by atoms with van der Waals surface area (Å²) in [6, 6.07) is 0.554. The topological polar surface area (TPSA) is 24.4 Å². The van der Waals surface area contributed by atoms with E-state index < -0.39 is 0 Å². The summed E-state index contributed by atoms with van der Waals surface area (Å²) in [4.78, 5) is 4.55. The summed E-state index contributed by atoms with van der Waals surface area (Å²) in [5, 5.41) is 3.47. The minimum atomic E-state index is 0.295. The predicted octanol–water partition coefficient (Wildman–Crippen LogP) is 0.671. The number of hydrogen-bond acceptors (Lipinski definition) is 2. The van der Waals surface area contributed by atoms with E-state index in [4.69, 9.17) is 0 Å². The van der Waals surface area contributed by atoms with Crippen molar-refractivity contribution in [1.29, 1.82) is 0 Å². The first-order chi connectivity index (χ1) is 5.07. The molecule has 2 heterocycles. The third kappa shape index (κ3) is 1.35. The quantitative estimate of drug-likeness (QED) is 0.496. The van der Waals surface area contributed by atoms with E-state index in [2.05, 4.69) is 41.9 Å². The molecule has 0 aliphatic carbocycles. The van der Waals surface area contributed by atoms with Crippen LogP contribution in [-0.2, 0) is 0 Å². The Labute approximate surface area is 77.0 Å². The Bertz CT molecular complexity index is 210. The van der Waals surface area contributed by atoms with Crippen LogP contribution in [-0.4, -0.2) is 33.8 Å². The van der Waals surface area contributed by atoms with Crippen LogP contribution in [0, 0.1) is 5.92 Å². The number of amidine groups is 1. The first-order valence-corrected chi connectivity index (χ1v) is 4.43. The van der Waals surface area contributed by atoms with Crippen molar-refractivity contribution in [3.63, 3.8) is 0 Å². The molecule has 0 aromatic carbocycles.